The van der Waals surface area contributed by atoms with Crippen LogP contribution in [0.25, 0.3) is 0 Å². The van der Waals surface area contributed by atoms with E-state index in [1.54, 1.807) is 12.1 Å². The zero-order chi connectivity index (χ0) is 13.9. The van der Waals surface area contributed by atoms with Gasteiger partial charge < -0.3 is 5.32 Å². The van der Waals surface area contributed by atoms with Gasteiger partial charge in [0.2, 0.25) is 0 Å². The Kier molecular flexibility index (Phi) is 3.39. The van der Waals surface area contributed by atoms with Crippen molar-refractivity contribution in [3.05, 3.63) is 65.0 Å². The van der Waals surface area contributed by atoms with Crippen LogP contribution in [0.1, 0.15) is 35.4 Å². The van der Waals surface area contributed by atoms with Gasteiger partial charge in [-0.25, -0.2) is 4.39 Å². The second kappa shape index (κ2) is 5.34. The van der Waals surface area contributed by atoms with E-state index in [4.69, 9.17) is 5.26 Å². The molecule has 0 radical (unpaired) electrons. The summed E-state index contributed by atoms with van der Waals surface area (Å²) in [6, 6.07) is 15.0. The van der Waals surface area contributed by atoms with Crippen LogP contribution >= 0.6 is 0 Å². The predicted molar refractivity (Wildman–Crippen MR) is 76.9 cm³/mol. The van der Waals surface area contributed by atoms with Crippen LogP contribution in [-0.2, 0) is 6.54 Å². The molecule has 0 bridgehead atoms. The molecule has 1 fully saturated rings. The molecule has 0 aliphatic heterocycles. The molecular weight excluding hydrogens is 251 g/mol. The average molecular weight is 266 g/mol. The number of rotatable bonds is 4. The number of halogens is 1. The molecule has 0 spiro atoms. The van der Waals surface area contributed by atoms with Crippen molar-refractivity contribution in [2.45, 2.75) is 25.3 Å². The van der Waals surface area contributed by atoms with Gasteiger partial charge in [0.25, 0.3) is 0 Å². The van der Waals surface area contributed by atoms with Crippen LogP contribution in [0.3, 0.4) is 0 Å². The van der Waals surface area contributed by atoms with E-state index in [-0.39, 0.29) is 5.56 Å². The van der Waals surface area contributed by atoms with Crippen molar-refractivity contribution < 1.29 is 4.39 Å². The van der Waals surface area contributed by atoms with Crippen LogP contribution < -0.4 is 5.32 Å². The highest BCUT2D eigenvalue weighted by Crippen LogP contribution is 2.39. The molecule has 3 rings (SSSR count). The normalized spacial score (nSPS) is 13.8. The minimum atomic E-state index is -0.485. The quantitative estimate of drug-likeness (QED) is 0.900. The summed E-state index contributed by atoms with van der Waals surface area (Å²) < 4.78 is 13.5. The summed E-state index contributed by atoms with van der Waals surface area (Å²) in [6.07, 6.45) is 2.60. The molecule has 0 atom stereocenters. The largest absolute Gasteiger partial charge is 0.380 e. The van der Waals surface area contributed by atoms with E-state index in [0.29, 0.717) is 12.2 Å². The highest BCUT2D eigenvalue weighted by atomic mass is 19.1. The van der Waals surface area contributed by atoms with Gasteiger partial charge in [-0.1, -0.05) is 30.3 Å². The van der Waals surface area contributed by atoms with Crippen molar-refractivity contribution in [3.8, 4) is 6.07 Å². The lowest BCUT2D eigenvalue weighted by molar-refractivity contribution is 0.624. The van der Waals surface area contributed by atoms with Gasteiger partial charge in [0, 0.05) is 6.54 Å². The summed E-state index contributed by atoms with van der Waals surface area (Å²) >= 11 is 0. The number of nitrogens with zero attached hydrogens (tertiary/aromatic N) is 1. The number of hydrogen-bond acceptors (Lipinski definition) is 2. The molecule has 0 unspecified atom stereocenters. The Morgan fingerprint density at radius 1 is 1.15 bits per heavy atom. The molecule has 1 aliphatic carbocycles. The number of nitriles is 1. The molecule has 0 amide bonds. The van der Waals surface area contributed by atoms with Crippen molar-refractivity contribution in [1.29, 1.82) is 5.26 Å². The molecule has 3 heteroatoms. The molecule has 2 aromatic carbocycles. The van der Waals surface area contributed by atoms with E-state index in [9.17, 15) is 4.39 Å². The number of anilines is 1. The van der Waals surface area contributed by atoms with E-state index in [0.717, 1.165) is 11.5 Å². The molecule has 2 aromatic rings. The molecule has 1 saturated carbocycles. The van der Waals surface area contributed by atoms with Gasteiger partial charge in [0.15, 0.2) is 0 Å². The first-order valence-corrected chi connectivity index (χ1v) is 6.79. The van der Waals surface area contributed by atoms with Gasteiger partial charge in [-0.3, -0.25) is 0 Å². The van der Waals surface area contributed by atoms with Gasteiger partial charge in [-0.2, -0.15) is 5.26 Å². The highest BCUT2D eigenvalue weighted by molar-refractivity contribution is 5.58. The monoisotopic (exact) mass is 266 g/mol. The lowest BCUT2D eigenvalue weighted by atomic mass is 10.1. The van der Waals surface area contributed by atoms with Gasteiger partial charge >= 0.3 is 0 Å². The first-order valence-electron chi connectivity index (χ1n) is 6.79. The Labute approximate surface area is 117 Å². The summed E-state index contributed by atoms with van der Waals surface area (Å²) in [5.41, 5.74) is 3.14. The van der Waals surface area contributed by atoms with Crippen molar-refractivity contribution in [1.82, 2.24) is 0 Å². The number of nitrogens with one attached hydrogen (secondary N) is 1. The Morgan fingerprint density at radius 3 is 2.55 bits per heavy atom. The van der Waals surface area contributed by atoms with Crippen LogP contribution in [0, 0.1) is 17.1 Å². The van der Waals surface area contributed by atoms with Crippen LogP contribution in [-0.4, -0.2) is 0 Å². The second-order valence-corrected chi connectivity index (χ2v) is 5.14. The Bertz CT molecular complexity index is 652. The van der Waals surface area contributed by atoms with Gasteiger partial charge in [0.05, 0.1) is 5.69 Å². The van der Waals surface area contributed by atoms with Crippen LogP contribution in [0.2, 0.25) is 0 Å². The topological polar surface area (TPSA) is 35.8 Å². The predicted octanol–water partition coefficient (Wildman–Crippen LogP) is 4.19. The fourth-order valence-electron chi connectivity index (χ4n) is 2.31. The van der Waals surface area contributed by atoms with Crippen molar-refractivity contribution in [3.63, 3.8) is 0 Å². The summed E-state index contributed by atoms with van der Waals surface area (Å²) in [5.74, 6) is 0.270. The van der Waals surface area contributed by atoms with E-state index in [1.807, 2.05) is 6.07 Å². The van der Waals surface area contributed by atoms with Crippen LogP contribution in [0.4, 0.5) is 10.1 Å². The Morgan fingerprint density at radius 2 is 1.90 bits per heavy atom. The lowest BCUT2D eigenvalue weighted by Gasteiger charge is -2.09. The maximum absolute atomic E-state index is 13.5. The number of hydrogen-bond donors (Lipinski definition) is 1. The fourth-order valence-corrected chi connectivity index (χ4v) is 2.31. The highest BCUT2D eigenvalue weighted by Gasteiger charge is 2.22. The fraction of sp³-hybridized carbons (Fsp3) is 0.235. The van der Waals surface area contributed by atoms with Crippen LogP contribution in [0.15, 0.2) is 42.5 Å². The molecular formula is C17H15FN2. The maximum Gasteiger partial charge on any atom is 0.143 e. The Balaban J connectivity index is 1.70. The second-order valence-electron chi connectivity index (χ2n) is 5.14. The van der Waals surface area contributed by atoms with Gasteiger partial charge in [0.1, 0.15) is 17.4 Å². The van der Waals surface area contributed by atoms with E-state index >= 15 is 0 Å². The average Bonchev–Trinajstić information content (AvgIpc) is 3.30. The molecule has 1 aliphatic rings. The zero-order valence-corrected chi connectivity index (χ0v) is 11.1. The summed E-state index contributed by atoms with van der Waals surface area (Å²) in [7, 11) is 0. The minimum Gasteiger partial charge on any atom is -0.380 e. The van der Waals surface area contributed by atoms with Crippen molar-refractivity contribution >= 4 is 5.69 Å². The summed E-state index contributed by atoms with van der Waals surface area (Å²) in [6.45, 7) is 0.586. The molecule has 1 N–H and O–H groups in total. The van der Waals surface area contributed by atoms with Crippen LogP contribution in [0.5, 0.6) is 0 Å². The molecule has 100 valence electrons. The third-order valence-corrected chi connectivity index (χ3v) is 3.64. The maximum atomic E-state index is 13.5. The molecule has 20 heavy (non-hydrogen) atoms. The van der Waals surface area contributed by atoms with Gasteiger partial charge in [-0.15, -0.1) is 0 Å². The standard InChI is InChI=1S/C17H15FN2/c18-16-2-1-3-17(15(16)10-19)20-11-12-4-6-13(7-5-12)14-8-9-14/h1-7,14,20H,8-9,11H2. The summed E-state index contributed by atoms with van der Waals surface area (Å²) in [5, 5.41) is 12.1. The zero-order valence-electron chi connectivity index (χ0n) is 11.1. The minimum absolute atomic E-state index is 0.0714. The summed E-state index contributed by atoms with van der Waals surface area (Å²) in [4.78, 5) is 0. The first-order chi connectivity index (χ1) is 9.78. The molecule has 0 saturated heterocycles. The third-order valence-electron chi connectivity index (χ3n) is 3.64. The smallest absolute Gasteiger partial charge is 0.143 e. The molecule has 0 aromatic heterocycles. The molecule has 2 nitrogen and oxygen atoms in total. The van der Waals surface area contributed by atoms with E-state index in [1.165, 1.54) is 24.5 Å². The van der Waals surface area contributed by atoms with Crippen molar-refractivity contribution in [2.75, 3.05) is 5.32 Å². The van der Waals surface area contributed by atoms with E-state index in [2.05, 4.69) is 29.6 Å². The first kappa shape index (κ1) is 12.7. The molecule has 0 heterocycles. The third kappa shape index (κ3) is 2.65. The van der Waals surface area contributed by atoms with Crippen molar-refractivity contribution in [2.24, 2.45) is 0 Å². The Hall–Kier alpha value is -2.34. The number of benzene rings is 2. The lowest BCUT2D eigenvalue weighted by Crippen LogP contribution is -2.02. The SMILES string of the molecule is N#Cc1c(F)cccc1NCc1ccc(C2CC2)cc1. The van der Waals surface area contributed by atoms with E-state index < -0.39 is 5.82 Å². The van der Waals surface area contributed by atoms with Gasteiger partial charge in [-0.05, 0) is 42.0 Å².